The molecule has 3 N–H and O–H groups in total. The van der Waals surface area contributed by atoms with Gasteiger partial charge in [0.05, 0.1) is 16.8 Å². The maximum absolute atomic E-state index is 13.3. The third-order valence-corrected chi connectivity index (χ3v) is 5.25. The quantitative estimate of drug-likeness (QED) is 0.406. The van der Waals surface area contributed by atoms with E-state index in [1.165, 1.54) is 12.1 Å². The number of fused-ring (bicyclic) bond motifs is 2. The molecule has 6 heteroatoms. The van der Waals surface area contributed by atoms with E-state index >= 15 is 0 Å². The van der Waals surface area contributed by atoms with Gasteiger partial charge in [-0.2, -0.15) is 13.2 Å². The van der Waals surface area contributed by atoms with Crippen LogP contribution in [0.5, 0.6) is 0 Å². The molecule has 0 unspecified atom stereocenters. The molecule has 0 amide bonds. The van der Waals surface area contributed by atoms with Crippen molar-refractivity contribution in [3.8, 4) is 11.3 Å². The molecule has 2 aromatic heterocycles. The van der Waals surface area contributed by atoms with Gasteiger partial charge in [-0.1, -0.05) is 18.2 Å². The molecule has 0 aliphatic rings. The van der Waals surface area contributed by atoms with Gasteiger partial charge >= 0.3 is 6.18 Å². The standard InChI is InChI=1S/C23H22F3N3/c1-14-8-10-16-17(6-4-7-20(16)28-14)22-18(5-2-3-12-27)19-13-15(23(24,25)26)9-11-21(19)29-22/h4,6-11,13,29H,2-3,5,12,27H2,1H3. The van der Waals surface area contributed by atoms with Gasteiger partial charge in [-0.15, -0.1) is 0 Å². The van der Waals surface area contributed by atoms with Crippen LogP contribution in [0, 0.1) is 6.92 Å². The highest BCUT2D eigenvalue weighted by Crippen LogP contribution is 2.38. The number of hydrogen-bond acceptors (Lipinski definition) is 2. The average Bonchev–Trinajstić information content (AvgIpc) is 3.04. The molecule has 4 rings (SSSR count). The largest absolute Gasteiger partial charge is 0.416 e. The summed E-state index contributed by atoms with van der Waals surface area (Å²) >= 11 is 0. The number of nitrogens with one attached hydrogen (secondary N) is 1. The van der Waals surface area contributed by atoms with Gasteiger partial charge < -0.3 is 10.7 Å². The van der Waals surface area contributed by atoms with E-state index in [-0.39, 0.29) is 0 Å². The van der Waals surface area contributed by atoms with Crippen LogP contribution in [0.2, 0.25) is 0 Å². The SMILES string of the molecule is Cc1ccc2c(-c3[nH]c4ccc(C(F)(F)F)cc4c3CCCCN)cccc2n1. The zero-order valence-corrected chi connectivity index (χ0v) is 16.1. The molecule has 0 saturated carbocycles. The number of aromatic amines is 1. The summed E-state index contributed by atoms with van der Waals surface area (Å²) < 4.78 is 39.9. The Hall–Kier alpha value is -2.86. The van der Waals surface area contributed by atoms with E-state index in [9.17, 15) is 13.2 Å². The molecular formula is C23H22F3N3. The zero-order chi connectivity index (χ0) is 20.6. The highest BCUT2D eigenvalue weighted by Gasteiger charge is 2.31. The van der Waals surface area contributed by atoms with Crippen LogP contribution in [0.25, 0.3) is 33.1 Å². The van der Waals surface area contributed by atoms with Crippen LogP contribution >= 0.6 is 0 Å². The predicted molar refractivity (Wildman–Crippen MR) is 111 cm³/mol. The minimum atomic E-state index is -4.37. The monoisotopic (exact) mass is 397 g/mol. The number of alkyl halides is 3. The van der Waals surface area contributed by atoms with E-state index in [2.05, 4.69) is 9.97 Å². The first-order chi connectivity index (χ1) is 13.9. The molecule has 0 saturated heterocycles. The van der Waals surface area contributed by atoms with Crippen LogP contribution in [-0.4, -0.2) is 16.5 Å². The molecule has 0 aliphatic heterocycles. The molecule has 0 aliphatic carbocycles. The second-order valence-electron chi connectivity index (χ2n) is 7.31. The summed E-state index contributed by atoms with van der Waals surface area (Å²) in [6.07, 6.45) is -2.08. The highest BCUT2D eigenvalue weighted by molar-refractivity contribution is 5.99. The first kappa shape index (κ1) is 19.5. The normalized spacial score (nSPS) is 12.2. The number of hydrogen-bond donors (Lipinski definition) is 2. The summed E-state index contributed by atoms with van der Waals surface area (Å²) in [4.78, 5) is 7.95. The summed E-state index contributed by atoms with van der Waals surface area (Å²) in [7, 11) is 0. The lowest BCUT2D eigenvalue weighted by molar-refractivity contribution is -0.137. The van der Waals surface area contributed by atoms with Crippen molar-refractivity contribution >= 4 is 21.8 Å². The lowest BCUT2D eigenvalue weighted by Gasteiger charge is -2.10. The minimum Gasteiger partial charge on any atom is -0.354 e. The summed E-state index contributed by atoms with van der Waals surface area (Å²) in [5.41, 5.74) is 10.2. The fraction of sp³-hybridized carbons (Fsp3) is 0.261. The molecule has 3 nitrogen and oxygen atoms in total. The van der Waals surface area contributed by atoms with Crippen LogP contribution in [0.4, 0.5) is 13.2 Å². The van der Waals surface area contributed by atoms with Gasteiger partial charge in [-0.25, -0.2) is 0 Å². The third-order valence-electron chi connectivity index (χ3n) is 5.25. The third kappa shape index (κ3) is 3.72. The van der Waals surface area contributed by atoms with E-state index in [1.54, 1.807) is 0 Å². The predicted octanol–water partition coefficient (Wildman–Crippen LogP) is 5.99. The molecule has 0 fully saturated rings. The van der Waals surface area contributed by atoms with E-state index in [1.807, 2.05) is 37.3 Å². The van der Waals surface area contributed by atoms with E-state index in [0.717, 1.165) is 52.3 Å². The number of aryl methyl sites for hydroxylation is 2. The van der Waals surface area contributed by atoms with Crippen LogP contribution in [0.3, 0.4) is 0 Å². The molecule has 150 valence electrons. The second kappa shape index (κ2) is 7.52. The smallest absolute Gasteiger partial charge is 0.354 e. The van der Waals surface area contributed by atoms with E-state index < -0.39 is 11.7 Å². The van der Waals surface area contributed by atoms with Crippen molar-refractivity contribution in [1.82, 2.24) is 9.97 Å². The Morgan fingerprint density at radius 2 is 1.83 bits per heavy atom. The number of pyridine rings is 1. The molecule has 0 spiro atoms. The van der Waals surface area contributed by atoms with Gasteiger partial charge in [-0.3, -0.25) is 4.98 Å². The average molecular weight is 397 g/mol. The van der Waals surface area contributed by atoms with Gasteiger partial charge in [0.1, 0.15) is 0 Å². The minimum absolute atomic E-state index is 0.558. The molecule has 0 radical (unpaired) electrons. The first-order valence-electron chi connectivity index (χ1n) is 9.67. The van der Waals surface area contributed by atoms with Gasteiger partial charge in [0, 0.05) is 27.5 Å². The van der Waals surface area contributed by atoms with Crippen LogP contribution in [-0.2, 0) is 12.6 Å². The van der Waals surface area contributed by atoms with Crippen molar-refractivity contribution < 1.29 is 13.2 Å². The van der Waals surface area contributed by atoms with E-state index in [0.29, 0.717) is 23.9 Å². The van der Waals surface area contributed by atoms with Crippen LogP contribution in [0.1, 0.15) is 29.7 Å². The molecule has 2 aromatic carbocycles. The second-order valence-corrected chi connectivity index (χ2v) is 7.31. The van der Waals surface area contributed by atoms with Crippen molar-refractivity contribution in [3.63, 3.8) is 0 Å². The Morgan fingerprint density at radius 3 is 2.59 bits per heavy atom. The Labute approximate surface area is 166 Å². The summed E-state index contributed by atoms with van der Waals surface area (Å²) in [5.74, 6) is 0. The highest BCUT2D eigenvalue weighted by atomic mass is 19.4. The Balaban J connectivity index is 1.95. The Bertz CT molecular complexity index is 1180. The Kier molecular flexibility index (Phi) is 5.04. The lowest BCUT2D eigenvalue weighted by atomic mass is 9.97. The van der Waals surface area contributed by atoms with Gasteiger partial charge in [0.2, 0.25) is 0 Å². The molecule has 0 bridgehead atoms. The summed E-state index contributed by atoms with van der Waals surface area (Å²) in [6.45, 7) is 2.49. The van der Waals surface area contributed by atoms with Crippen molar-refractivity contribution in [2.24, 2.45) is 5.73 Å². The number of halogens is 3. The lowest BCUT2D eigenvalue weighted by Crippen LogP contribution is -2.04. The van der Waals surface area contributed by atoms with Crippen molar-refractivity contribution in [3.05, 3.63) is 65.4 Å². The molecule has 0 atom stereocenters. The number of unbranched alkanes of at least 4 members (excludes halogenated alkanes) is 1. The maximum Gasteiger partial charge on any atom is 0.416 e. The van der Waals surface area contributed by atoms with Crippen LogP contribution < -0.4 is 5.73 Å². The topological polar surface area (TPSA) is 54.7 Å². The van der Waals surface area contributed by atoms with Gasteiger partial charge in [-0.05, 0) is 68.6 Å². The number of benzene rings is 2. The van der Waals surface area contributed by atoms with Crippen molar-refractivity contribution in [2.75, 3.05) is 6.54 Å². The number of nitrogens with zero attached hydrogens (tertiary/aromatic N) is 1. The fourth-order valence-electron chi connectivity index (χ4n) is 3.83. The number of aromatic nitrogens is 2. The molecule has 2 heterocycles. The van der Waals surface area contributed by atoms with Crippen LogP contribution in [0.15, 0.2) is 48.5 Å². The molecule has 29 heavy (non-hydrogen) atoms. The molecular weight excluding hydrogens is 375 g/mol. The summed E-state index contributed by atoms with van der Waals surface area (Å²) in [6, 6.07) is 13.7. The number of H-pyrrole nitrogens is 1. The zero-order valence-electron chi connectivity index (χ0n) is 16.1. The van der Waals surface area contributed by atoms with E-state index in [4.69, 9.17) is 5.73 Å². The van der Waals surface area contributed by atoms with Gasteiger partial charge in [0.25, 0.3) is 0 Å². The summed E-state index contributed by atoms with van der Waals surface area (Å²) in [5, 5.41) is 1.59. The molecule has 4 aromatic rings. The first-order valence-corrected chi connectivity index (χ1v) is 9.67. The fourth-order valence-corrected chi connectivity index (χ4v) is 3.83. The van der Waals surface area contributed by atoms with Gasteiger partial charge in [0.15, 0.2) is 0 Å². The van der Waals surface area contributed by atoms with Crippen molar-refractivity contribution in [2.45, 2.75) is 32.4 Å². The Morgan fingerprint density at radius 1 is 1.00 bits per heavy atom. The van der Waals surface area contributed by atoms with Crippen molar-refractivity contribution in [1.29, 1.82) is 0 Å². The maximum atomic E-state index is 13.3. The number of rotatable bonds is 5. The number of nitrogens with two attached hydrogens (primary N) is 1.